The van der Waals surface area contributed by atoms with E-state index in [1.54, 1.807) is 34.7 Å². The number of thiazole rings is 1. The van der Waals surface area contributed by atoms with Crippen molar-refractivity contribution in [1.82, 2.24) is 14.9 Å². The molecule has 3 N–H and O–H groups in total. The van der Waals surface area contributed by atoms with Crippen molar-refractivity contribution in [3.8, 4) is 0 Å². The van der Waals surface area contributed by atoms with Crippen LogP contribution < -0.4 is 11.1 Å². The molecule has 0 saturated heterocycles. The van der Waals surface area contributed by atoms with Crippen LogP contribution in [0.5, 0.6) is 0 Å². The third-order valence-corrected chi connectivity index (χ3v) is 5.75. The topological polar surface area (TPSA) is 101 Å². The second-order valence-electron chi connectivity index (χ2n) is 7.26. The van der Waals surface area contributed by atoms with Gasteiger partial charge in [0.05, 0.1) is 27.6 Å². The summed E-state index contributed by atoms with van der Waals surface area (Å²) in [6.07, 6.45) is 4.30. The molecule has 0 saturated carbocycles. The summed E-state index contributed by atoms with van der Waals surface area (Å²) < 4.78 is 1.08. The molecule has 0 fully saturated rings. The fourth-order valence-corrected chi connectivity index (χ4v) is 4.01. The third kappa shape index (κ3) is 3.84. The van der Waals surface area contributed by atoms with Crippen LogP contribution in [0.25, 0.3) is 15.9 Å². The summed E-state index contributed by atoms with van der Waals surface area (Å²) in [4.78, 5) is 35.6. The van der Waals surface area contributed by atoms with Crippen molar-refractivity contribution in [2.24, 2.45) is 5.92 Å². The summed E-state index contributed by atoms with van der Waals surface area (Å²) in [5, 5.41) is 2.63. The maximum atomic E-state index is 13.0. The first-order chi connectivity index (χ1) is 13.9. The molecule has 3 heterocycles. The molecule has 3 aromatic rings. The summed E-state index contributed by atoms with van der Waals surface area (Å²) in [5.41, 5.74) is 11.2. The number of aromatic nitrogens is 2. The number of nitrogen functional groups attached to an aromatic ring is 1. The van der Waals surface area contributed by atoms with Gasteiger partial charge in [-0.15, -0.1) is 11.3 Å². The van der Waals surface area contributed by atoms with Gasteiger partial charge in [0.15, 0.2) is 0 Å². The molecule has 29 heavy (non-hydrogen) atoms. The highest BCUT2D eigenvalue weighted by molar-refractivity contribution is 7.16. The molecule has 8 heteroatoms. The zero-order chi connectivity index (χ0) is 20.5. The number of hydrogen-bond donors (Lipinski definition) is 2. The minimum Gasteiger partial charge on any atom is -0.383 e. The van der Waals surface area contributed by atoms with E-state index in [9.17, 15) is 9.59 Å². The van der Waals surface area contributed by atoms with Gasteiger partial charge in [-0.1, -0.05) is 19.1 Å². The van der Waals surface area contributed by atoms with Crippen LogP contribution in [0.15, 0.2) is 42.0 Å². The molecule has 148 valence electrons. The molecule has 1 unspecified atom stereocenters. The predicted molar refractivity (Wildman–Crippen MR) is 115 cm³/mol. The smallest absolute Gasteiger partial charge is 0.316 e. The van der Waals surface area contributed by atoms with Crippen LogP contribution in [0.1, 0.15) is 24.5 Å². The Labute approximate surface area is 172 Å². The number of hydrogen-bond acceptors (Lipinski definition) is 6. The van der Waals surface area contributed by atoms with Gasteiger partial charge in [-0.05, 0) is 43.0 Å². The lowest BCUT2D eigenvalue weighted by atomic mass is 9.97. The zero-order valence-corrected chi connectivity index (χ0v) is 17.0. The van der Waals surface area contributed by atoms with Gasteiger partial charge in [0, 0.05) is 17.8 Å². The van der Waals surface area contributed by atoms with Crippen LogP contribution in [0.3, 0.4) is 0 Å². The quantitative estimate of drug-likeness (QED) is 0.634. The highest BCUT2D eigenvalue weighted by atomic mass is 32.1. The van der Waals surface area contributed by atoms with Gasteiger partial charge in [0.1, 0.15) is 5.82 Å². The van der Waals surface area contributed by atoms with Crippen LogP contribution in [0, 0.1) is 12.8 Å². The lowest BCUT2D eigenvalue weighted by Crippen LogP contribution is -2.42. The van der Waals surface area contributed by atoms with E-state index in [2.05, 4.69) is 22.2 Å². The Hall–Kier alpha value is -3.26. The molecule has 0 bridgehead atoms. The van der Waals surface area contributed by atoms with Crippen molar-refractivity contribution in [2.75, 3.05) is 17.6 Å². The number of nitrogens with two attached hydrogens (primary N) is 1. The standard InChI is InChI=1S/C21H21N5O2S/c1-12-3-5-17(14-4-6-18-16(8-14)24-11-29-18)26(10-12)21(28)20(27)25-15-7-13(2)19(22)23-9-15/h4-9,11-12H,3,10H2,1-2H3,(H2,22,23)(H,25,27). The zero-order valence-electron chi connectivity index (χ0n) is 16.2. The van der Waals surface area contributed by atoms with E-state index < -0.39 is 11.8 Å². The summed E-state index contributed by atoms with van der Waals surface area (Å²) in [6.45, 7) is 4.33. The van der Waals surface area contributed by atoms with Gasteiger partial charge in [0.25, 0.3) is 0 Å². The Morgan fingerprint density at radius 1 is 1.28 bits per heavy atom. The Bertz CT molecular complexity index is 1140. The fourth-order valence-electron chi connectivity index (χ4n) is 3.35. The monoisotopic (exact) mass is 407 g/mol. The van der Waals surface area contributed by atoms with Gasteiger partial charge in [0.2, 0.25) is 0 Å². The molecular weight excluding hydrogens is 386 g/mol. The molecule has 1 aliphatic heterocycles. The van der Waals surface area contributed by atoms with Crippen molar-refractivity contribution in [2.45, 2.75) is 20.3 Å². The van der Waals surface area contributed by atoms with Crippen LogP contribution in [-0.2, 0) is 9.59 Å². The molecule has 2 aromatic heterocycles. The Morgan fingerprint density at radius 2 is 2.10 bits per heavy atom. The first kappa shape index (κ1) is 19.1. The van der Waals surface area contributed by atoms with Gasteiger partial charge < -0.3 is 16.0 Å². The molecule has 2 amide bonds. The maximum Gasteiger partial charge on any atom is 0.316 e. The number of aryl methyl sites for hydroxylation is 1. The van der Waals surface area contributed by atoms with Gasteiger partial charge in [-0.2, -0.15) is 0 Å². The summed E-state index contributed by atoms with van der Waals surface area (Å²) in [7, 11) is 0. The largest absolute Gasteiger partial charge is 0.383 e. The van der Waals surface area contributed by atoms with Crippen molar-refractivity contribution < 1.29 is 9.59 Å². The molecule has 7 nitrogen and oxygen atoms in total. The van der Waals surface area contributed by atoms with Crippen molar-refractivity contribution in [3.05, 3.63) is 53.2 Å². The van der Waals surface area contributed by atoms with Gasteiger partial charge >= 0.3 is 11.8 Å². The first-order valence-corrected chi connectivity index (χ1v) is 10.2. The molecule has 0 aliphatic carbocycles. The van der Waals surface area contributed by atoms with Crippen LogP contribution in [0.2, 0.25) is 0 Å². The highest BCUT2D eigenvalue weighted by Crippen LogP contribution is 2.30. The number of pyridine rings is 1. The number of benzene rings is 1. The molecule has 1 aliphatic rings. The fraction of sp³-hybridized carbons (Fsp3) is 0.238. The number of nitrogens with one attached hydrogen (secondary N) is 1. The molecular formula is C21H21N5O2S. The average Bonchev–Trinajstić information content (AvgIpc) is 3.18. The second kappa shape index (κ2) is 7.63. The normalized spacial score (nSPS) is 16.6. The minimum atomic E-state index is -0.703. The maximum absolute atomic E-state index is 13.0. The molecule has 1 atom stereocenters. The Balaban J connectivity index is 1.60. The van der Waals surface area contributed by atoms with Crippen molar-refractivity contribution in [3.63, 3.8) is 0 Å². The second-order valence-corrected chi connectivity index (χ2v) is 8.15. The lowest BCUT2D eigenvalue weighted by Gasteiger charge is -2.31. The van der Waals surface area contributed by atoms with E-state index in [1.807, 2.05) is 24.3 Å². The van der Waals surface area contributed by atoms with Crippen LogP contribution in [0.4, 0.5) is 11.5 Å². The van der Waals surface area contributed by atoms with E-state index in [4.69, 9.17) is 5.73 Å². The predicted octanol–water partition coefficient (Wildman–Crippen LogP) is 3.43. The summed E-state index contributed by atoms with van der Waals surface area (Å²) in [5.74, 6) is -0.651. The summed E-state index contributed by atoms with van der Waals surface area (Å²) in [6, 6.07) is 7.61. The Kier molecular flexibility index (Phi) is 5.02. The number of carbonyl (C=O) groups is 2. The van der Waals surface area contributed by atoms with E-state index in [0.717, 1.165) is 33.5 Å². The van der Waals surface area contributed by atoms with Crippen molar-refractivity contribution >= 4 is 50.6 Å². The molecule has 0 radical (unpaired) electrons. The van der Waals surface area contributed by atoms with Gasteiger partial charge in [-0.25, -0.2) is 9.97 Å². The molecule has 1 aromatic carbocycles. The number of carbonyl (C=O) groups excluding carboxylic acids is 2. The highest BCUT2D eigenvalue weighted by Gasteiger charge is 2.30. The number of rotatable bonds is 2. The number of anilines is 2. The summed E-state index contributed by atoms with van der Waals surface area (Å²) >= 11 is 1.57. The van der Waals surface area contributed by atoms with E-state index in [1.165, 1.54) is 6.20 Å². The van der Waals surface area contributed by atoms with Crippen LogP contribution >= 0.6 is 11.3 Å². The van der Waals surface area contributed by atoms with E-state index in [-0.39, 0.29) is 5.92 Å². The number of fused-ring (bicyclic) bond motifs is 1. The van der Waals surface area contributed by atoms with E-state index in [0.29, 0.717) is 18.1 Å². The number of amides is 2. The van der Waals surface area contributed by atoms with Gasteiger partial charge in [-0.3, -0.25) is 9.59 Å². The number of nitrogens with zero attached hydrogens (tertiary/aromatic N) is 3. The first-order valence-electron chi connectivity index (χ1n) is 9.31. The SMILES string of the molecule is Cc1cc(NC(=O)C(=O)N2CC(C)CC=C2c2ccc3scnc3c2)cnc1N. The van der Waals surface area contributed by atoms with E-state index >= 15 is 0 Å². The Morgan fingerprint density at radius 3 is 2.90 bits per heavy atom. The molecule has 0 spiro atoms. The van der Waals surface area contributed by atoms with Crippen LogP contribution in [-0.4, -0.2) is 33.2 Å². The lowest BCUT2D eigenvalue weighted by molar-refractivity contribution is -0.141. The number of allylic oxidation sites excluding steroid dienone is 1. The minimum absolute atomic E-state index is 0.263. The average molecular weight is 407 g/mol. The third-order valence-electron chi connectivity index (χ3n) is 4.94. The molecule has 4 rings (SSSR count). The van der Waals surface area contributed by atoms with Crippen molar-refractivity contribution in [1.29, 1.82) is 0 Å².